The second-order valence-corrected chi connectivity index (χ2v) is 3.92. The molecule has 0 amide bonds. The highest BCUT2D eigenvalue weighted by atomic mass is 79.9. The Bertz CT molecular complexity index is 253. The Morgan fingerprint density at radius 1 is 1.42 bits per heavy atom. The predicted molar refractivity (Wildman–Crippen MR) is 46.8 cm³/mol. The molecule has 0 N–H and O–H groups in total. The van der Waals surface area contributed by atoms with Gasteiger partial charge in [0, 0.05) is 5.33 Å². The summed E-state index contributed by atoms with van der Waals surface area (Å²) in [5.74, 6) is 0. The first-order valence-electron chi connectivity index (χ1n) is 3.25. The first-order valence-corrected chi connectivity index (χ1v) is 5.25. The molecule has 1 heterocycles. The van der Waals surface area contributed by atoms with Crippen LogP contribution in [0.1, 0.15) is 10.4 Å². The quantitative estimate of drug-likeness (QED) is 0.710. The summed E-state index contributed by atoms with van der Waals surface area (Å²) in [7, 11) is 0. The van der Waals surface area contributed by atoms with E-state index in [0.717, 1.165) is 11.3 Å². The highest BCUT2D eigenvalue weighted by molar-refractivity contribution is 9.09. The van der Waals surface area contributed by atoms with Crippen LogP contribution in [-0.2, 0) is 12.6 Å². The number of aryl methyl sites for hydroxylation is 1. The third-order valence-corrected chi connectivity index (χ3v) is 2.77. The van der Waals surface area contributed by atoms with Crippen LogP contribution in [0.4, 0.5) is 13.2 Å². The van der Waals surface area contributed by atoms with Gasteiger partial charge in [-0.25, -0.2) is 0 Å². The van der Waals surface area contributed by atoms with E-state index in [0.29, 0.717) is 17.3 Å². The number of halogens is 4. The Balaban J connectivity index is 2.91. The Kier molecular flexibility index (Phi) is 3.17. The summed E-state index contributed by atoms with van der Waals surface area (Å²) in [5.41, 5.74) is 0.379. The second-order valence-electron chi connectivity index (χ2n) is 2.21. The molecule has 1 aromatic heterocycles. The summed E-state index contributed by atoms with van der Waals surface area (Å²) in [4.78, 5) is -0.470. The third-order valence-electron chi connectivity index (χ3n) is 1.37. The minimum atomic E-state index is -4.19. The number of hydrogen-bond acceptors (Lipinski definition) is 1. The van der Waals surface area contributed by atoms with Gasteiger partial charge in [-0.2, -0.15) is 13.2 Å². The van der Waals surface area contributed by atoms with Crippen molar-refractivity contribution in [2.45, 2.75) is 12.6 Å². The predicted octanol–water partition coefficient (Wildman–Crippen LogP) is 3.70. The van der Waals surface area contributed by atoms with Crippen molar-refractivity contribution in [2.75, 3.05) is 5.33 Å². The molecular weight excluding hydrogens is 253 g/mol. The van der Waals surface area contributed by atoms with E-state index >= 15 is 0 Å². The SMILES string of the molecule is FC(F)(F)c1sccc1CCBr. The summed E-state index contributed by atoms with van der Waals surface area (Å²) < 4.78 is 36.6. The number of hydrogen-bond donors (Lipinski definition) is 0. The van der Waals surface area contributed by atoms with Crippen molar-refractivity contribution < 1.29 is 13.2 Å². The summed E-state index contributed by atoms with van der Waals surface area (Å²) in [6.07, 6.45) is -3.76. The molecule has 5 heteroatoms. The van der Waals surface area contributed by atoms with E-state index in [-0.39, 0.29) is 0 Å². The average molecular weight is 259 g/mol. The fourth-order valence-electron chi connectivity index (χ4n) is 0.883. The van der Waals surface area contributed by atoms with Crippen molar-refractivity contribution in [1.29, 1.82) is 0 Å². The second kappa shape index (κ2) is 3.79. The zero-order valence-corrected chi connectivity index (χ0v) is 8.39. The van der Waals surface area contributed by atoms with Gasteiger partial charge in [0.2, 0.25) is 0 Å². The van der Waals surface area contributed by atoms with Gasteiger partial charge < -0.3 is 0 Å². The van der Waals surface area contributed by atoms with Gasteiger partial charge in [-0.3, -0.25) is 0 Å². The molecule has 0 saturated heterocycles. The Labute approximate surface area is 80.5 Å². The molecule has 0 aliphatic carbocycles. The lowest BCUT2D eigenvalue weighted by atomic mass is 10.2. The first-order chi connectivity index (χ1) is 5.55. The van der Waals surface area contributed by atoms with E-state index in [1.165, 1.54) is 11.4 Å². The van der Waals surface area contributed by atoms with Crippen LogP contribution in [0, 0.1) is 0 Å². The molecule has 0 aliphatic rings. The lowest BCUT2D eigenvalue weighted by molar-refractivity contribution is -0.134. The highest BCUT2D eigenvalue weighted by Gasteiger charge is 2.34. The van der Waals surface area contributed by atoms with Crippen molar-refractivity contribution in [1.82, 2.24) is 0 Å². The lowest BCUT2D eigenvalue weighted by Gasteiger charge is -2.05. The zero-order valence-electron chi connectivity index (χ0n) is 5.99. The maximum atomic E-state index is 12.2. The number of thiophene rings is 1. The lowest BCUT2D eigenvalue weighted by Crippen LogP contribution is -2.05. The van der Waals surface area contributed by atoms with Crippen molar-refractivity contribution in [3.63, 3.8) is 0 Å². The van der Waals surface area contributed by atoms with Gasteiger partial charge in [0.25, 0.3) is 0 Å². The minimum Gasteiger partial charge on any atom is -0.165 e. The van der Waals surface area contributed by atoms with Crippen molar-refractivity contribution in [3.05, 3.63) is 21.9 Å². The van der Waals surface area contributed by atoms with Gasteiger partial charge in [0.1, 0.15) is 4.88 Å². The van der Waals surface area contributed by atoms with Gasteiger partial charge in [-0.05, 0) is 23.4 Å². The molecule has 1 rings (SSSR count). The summed E-state index contributed by atoms with van der Waals surface area (Å²) in [6.45, 7) is 0. The maximum Gasteiger partial charge on any atom is 0.425 e. The third kappa shape index (κ3) is 2.23. The molecule has 0 aromatic carbocycles. The molecule has 0 saturated carbocycles. The Morgan fingerprint density at radius 3 is 2.58 bits per heavy atom. The first kappa shape index (κ1) is 10.1. The smallest absolute Gasteiger partial charge is 0.165 e. The summed E-state index contributed by atoms with van der Waals surface area (Å²) in [6, 6.07) is 1.52. The summed E-state index contributed by atoms with van der Waals surface area (Å²) in [5, 5.41) is 2.04. The van der Waals surface area contributed by atoms with Gasteiger partial charge in [-0.15, -0.1) is 11.3 Å². The van der Waals surface area contributed by atoms with Crippen LogP contribution < -0.4 is 0 Å². The van der Waals surface area contributed by atoms with E-state index in [1.54, 1.807) is 0 Å². The van der Waals surface area contributed by atoms with Crippen LogP contribution in [-0.4, -0.2) is 5.33 Å². The van der Waals surface area contributed by atoms with Crippen molar-refractivity contribution >= 4 is 27.3 Å². The molecule has 0 spiro atoms. The van der Waals surface area contributed by atoms with Crippen LogP contribution in [0.25, 0.3) is 0 Å². The van der Waals surface area contributed by atoms with Crippen LogP contribution in [0.2, 0.25) is 0 Å². The van der Waals surface area contributed by atoms with Gasteiger partial charge >= 0.3 is 6.18 Å². The fourth-order valence-corrected chi connectivity index (χ4v) is 2.13. The van der Waals surface area contributed by atoms with Crippen LogP contribution in [0.3, 0.4) is 0 Å². The fraction of sp³-hybridized carbons (Fsp3) is 0.429. The molecule has 0 bridgehead atoms. The largest absolute Gasteiger partial charge is 0.425 e. The highest BCUT2D eigenvalue weighted by Crippen LogP contribution is 2.36. The molecule has 0 nitrogen and oxygen atoms in total. The molecule has 0 aliphatic heterocycles. The summed E-state index contributed by atoms with van der Waals surface area (Å²) >= 11 is 3.86. The molecule has 68 valence electrons. The number of rotatable bonds is 2. The van der Waals surface area contributed by atoms with Crippen LogP contribution in [0.5, 0.6) is 0 Å². The zero-order chi connectivity index (χ0) is 9.19. The van der Waals surface area contributed by atoms with Gasteiger partial charge in [-0.1, -0.05) is 15.9 Å². The minimum absolute atomic E-state index is 0.379. The molecule has 0 radical (unpaired) electrons. The monoisotopic (exact) mass is 258 g/mol. The Morgan fingerprint density at radius 2 is 2.08 bits per heavy atom. The maximum absolute atomic E-state index is 12.2. The normalized spacial score (nSPS) is 12.0. The molecule has 12 heavy (non-hydrogen) atoms. The van der Waals surface area contributed by atoms with E-state index < -0.39 is 11.1 Å². The van der Waals surface area contributed by atoms with Crippen LogP contribution in [0.15, 0.2) is 11.4 Å². The van der Waals surface area contributed by atoms with Crippen molar-refractivity contribution in [2.24, 2.45) is 0 Å². The van der Waals surface area contributed by atoms with E-state index in [4.69, 9.17) is 0 Å². The van der Waals surface area contributed by atoms with E-state index in [2.05, 4.69) is 15.9 Å². The van der Waals surface area contributed by atoms with Crippen LogP contribution >= 0.6 is 27.3 Å². The van der Waals surface area contributed by atoms with E-state index in [9.17, 15) is 13.2 Å². The van der Waals surface area contributed by atoms with Gasteiger partial charge in [0.15, 0.2) is 0 Å². The average Bonchev–Trinajstić information content (AvgIpc) is 2.34. The topological polar surface area (TPSA) is 0 Å². The molecule has 0 unspecified atom stereocenters. The van der Waals surface area contributed by atoms with E-state index in [1.807, 2.05) is 0 Å². The molecule has 0 atom stereocenters. The molecular formula is C7H6BrF3S. The Hall–Kier alpha value is -0.0300. The standard InChI is InChI=1S/C7H6BrF3S/c8-3-1-5-2-4-12-6(5)7(9,10)11/h2,4H,1,3H2. The molecule has 1 aromatic rings. The molecule has 0 fully saturated rings. The van der Waals surface area contributed by atoms with Gasteiger partial charge in [0.05, 0.1) is 0 Å². The van der Waals surface area contributed by atoms with Crippen molar-refractivity contribution in [3.8, 4) is 0 Å². The number of alkyl halides is 4.